The van der Waals surface area contributed by atoms with Crippen molar-refractivity contribution >= 4 is 41.7 Å². The number of aromatic nitrogens is 8. The molecule has 0 radical (unpaired) electrons. The maximum atomic E-state index is 13.7. The van der Waals surface area contributed by atoms with Gasteiger partial charge >= 0.3 is 0 Å². The van der Waals surface area contributed by atoms with Crippen LogP contribution in [0.3, 0.4) is 0 Å². The third kappa shape index (κ3) is 12.0. The number of nitrogens with one attached hydrogen (secondary N) is 1. The van der Waals surface area contributed by atoms with Gasteiger partial charge in [-0.3, -0.25) is 34.5 Å². The van der Waals surface area contributed by atoms with Gasteiger partial charge in [-0.2, -0.15) is 10.2 Å². The number of H-pyrrole nitrogens is 1. The molecule has 4 bridgehead atoms. The van der Waals surface area contributed by atoms with Crippen LogP contribution in [0, 0.1) is 0 Å². The summed E-state index contributed by atoms with van der Waals surface area (Å²) in [7, 11) is -1.18. The Morgan fingerprint density at radius 2 is 1.28 bits per heavy atom. The molecule has 2 amide bonds. The van der Waals surface area contributed by atoms with Gasteiger partial charge in [0.1, 0.15) is 30.4 Å². The highest BCUT2D eigenvalue weighted by Crippen LogP contribution is 2.39. The minimum Gasteiger partial charge on any atom is -0.439 e. The van der Waals surface area contributed by atoms with Crippen molar-refractivity contribution in [2.45, 2.75) is 134 Å². The zero-order chi connectivity index (χ0) is 55.9. The van der Waals surface area contributed by atoms with Gasteiger partial charge in [-0.15, -0.1) is 0 Å². The Morgan fingerprint density at radius 1 is 0.679 bits per heavy atom. The molecule has 8 aromatic rings. The number of pyridine rings is 4. The van der Waals surface area contributed by atoms with E-state index in [0.717, 1.165) is 99.7 Å². The van der Waals surface area contributed by atoms with Crippen molar-refractivity contribution in [1.29, 1.82) is 0 Å². The second kappa shape index (κ2) is 22.8. The maximum absolute atomic E-state index is 13.7. The average molecular weight is 1110 g/mol. The highest BCUT2D eigenvalue weighted by Gasteiger charge is 2.48. The van der Waals surface area contributed by atoms with Gasteiger partial charge in [-0.05, 0) is 118 Å². The van der Waals surface area contributed by atoms with E-state index >= 15 is 0 Å². The van der Waals surface area contributed by atoms with Gasteiger partial charge in [0.25, 0.3) is 11.8 Å². The minimum atomic E-state index is -1.18. The van der Waals surface area contributed by atoms with Gasteiger partial charge in [-0.1, -0.05) is 31.8 Å². The number of aliphatic hydroxyl groups excluding tert-OH is 2. The molecule has 5 unspecified atom stereocenters. The average Bonchev–Trinajstić information content (AvgIpc) is 4.27. The monoisotopic (exact) mass is 1110 g/mol. The number of piperazine rings is 2. The van der Waals surface area contributed by atoms with Gasteiger partial charge in [-0.25, -0.2) is 14.6 Å². The topological polar surface area (TPSA) is 213 Å². The number of rotatable bonds is 19. The molecule has 6 aromatic heterocycles. The van der Waals surface area contributed by atoms with Crippen molar-refractivity contribution in [1.82, 2.24) is 59.5 Å². The molecular formula is C61H70N12O7Si. The number of carbonyl (C=O) groups is 2. The molecule has 20 heteroatoms. The lowest BCUT2D eigenvalue weighted by atomic mass is 9.96. The Morgan fingerprint density at radius 3 is 1.89 bits per heavy atom. The second-order valence-corrected chi connectivity index (χ2v) is 29.1. The van der Waals surface area contributed by atoms with Crippen molar-refractivity contribution in [3.8, 4) is 45.8 Å². The summed E-state index contributed by atoms with van der Waals surface area (Å²) in [5.74, 6) is 1.78. The predicted molar refractivity (Wildman–Crippen MR) is 309 cm³/mol. The van der Waals surface area contributed by atoms with Gasteiger partial charge in [0.15, 0.2) is 0 Å². The summed E-state index contributed by atoms with van der Waals surface area (Å²) >= 11 is 0. The van der Waals surface area contributed by atoms with Crippen LogP contribution in [0.1, 0.15) is 56.6 Å². The zero-order valence-electron chi connectivity index (χ0n) is 46.6. The van der Waals surface area contributed by atoms with E-state index in [1.54, 1.807) is 25.5 Å². The fraction of sp³-hybridized carbons (Fsp3) is 0.410. The number of aromatic amines is 1. The van der Waals surface area contributed by atoms with E-state index in [1.165, 1.54) is 6.92 Å². The third-order valence-corrected chi connectivity index (χ3v) is 18.2. The summed E-state index contributed by atoms with van der Waals surface area (Å²) < 4.78 is 20.3. The lowest BCUT2D eigenvalue weighted by Gasteiger charge is -2.47. The van der Waals surface area contributed by atoms with Crippen molar-refractivity contribution in [2.24, 2.45) is 0 Å². The Bertz CT molecular complexity index is 3540. The van der Waals surface area contributed by atoms with Crippen LogP contribution in [0.15, 0.2) is 116 Å². The van der Waals surface area contributed by atoms with E-state index in [1.807, 2.05) is 87.3 Å². The van der Waals surface area contributed by atoms with E-state index in [9.17, 15) is 19.8 Å². The van der Waals surface area contributed by atoms with Crippen molar-refractivity contribution < 1.29 is 34.0 Å². The Balaban J connectivity index is 0.666. The van der Waals surface area contributed by atoms with Crippen molar-refractivity contribution in [2.75, 3.05) is 26.2 Å². The molecule has 420 valence electrons. The molecule has 19 nitrogen and oxygen atoms in total. The largest absolute Gasteiger partial charge is 0.439 e. The molecule has 0 aliphatic carbocycles. The van der Waals surface area contributed by atoms with Crippen LogP contribution in [0.5, 0.6) is 23.3 Å². The van der Waals surface area contributed by atoms with Crippen molar-refractivity contribution in [3.63, 3.8) is 0 Å². The molecule has 4 saturated heterocycles. The second-order valence-electron chi connectivity index (χ2n) is 23.5. The number of carbonyl (C=O) groups excluding carboxylic acids is 2. The molecule has 0 saturated carbocycles. The normalized spacial score (nSPS) is 21.0. The summed E-state index contributed by atoms with van der Waals surface area (Å²) in [5.41, 5.74) is 7.94. The third-order valence-electron chi connectivity index (χ3n) is 16.5. The summed E-state index contributed by atoms with van der Waals surface area (Å²) in [6.07, 6.45) is 7.65. The number of likely N-dealkylation sites (tertiary alicyclic amines) is 2. The number of hydrogen-bond acceptors (Lipinski definition) is 15. The SMILES string of the molecule is C[C@@H](O)C(=O)N1CC2CCC(C1)N2Cc1ccc2cc(Oc3ccc(-c4cc(CC5C6CCC(CN5C(=O)[C@@H](C)O)N6Cc5ccc6cc(Oc7ccc(-c8ccnn8COCC[Si](C)(C)C)cn7)ccc6n5)n[nH]4)cn3)ccc2n1. The van der Waals surface area contributed by atoms with Gasteiger partial charge in [0, 0.05) is 131 Å². The van der Waals surface area contributed by atoms with Crippen LogP contribution in [0.25, 0.3) is 44.3 Å². The van der Waals surface area contributed by atoms with E-state index in [0.29, 0.717) is 69.1 Å². The molecular weight excluding hydrogens is 1040 g/mol. The van der Waals surface area contributed by atoms with E-state index < -0.39 is 20.3 Å². The lowest BCUT2D eigenvalue weighted by molar-refractivity contribution is -0.147. The number of amides is 2. The number of fused-ring (bicyclic) bond motifs is 6. The first-order valence-corrected chi connectivity index (χ1v) is 32.0. The Hall–Kier alpha value is -7.46. The van der Waals surface area contributed by atoms with Crippen LogP contribution in [-0.2, 0) is 40.6 Å². The van der Waals surface area contributed by atoms with Crippen molar-refractivity contribution in [3.05, 3.63) is 133 Å². The number of hydrogen-bond donors (Lipinski definition) is 3. The van der Waals surface area contributed by atoms with E-state index in [-0.39, 0.29) is 42.0 Å². The molecule has 4 aliphatic rings. The first kappa shape index (κ1) is 54.1. The minimum absolute atomic E-state index is 0.0384. The van der Waals surface area contributed by atoms with Crippen LogP contribution in [0.2, 0.25) is 25.7 Å². The summed E-state index contributed by atoms with van der Waals surface area (Å²) in [4.78, 5) is 54.2. The van der Waals surface area contributed by atoms with Gasteiger partial charge < -0.3 is 34.2 Å². The smallest absolute Gasteiger partial charge is 0.251 e. The standard InChI is InChI=1S/C61H70N12O7Si/c1-38(74)60(76)69-34-47-12-13-48(35-69)70(47)32-44-10-6-40-26-50(15-17-52(40)65-44)79-58-20-8-42(30-62-58)54-28-46(67-68-54)29-57-56-19-14-49(36-72(57)61(77)39(2)75)71(56)33-45-11-7-41-27-51(16-18-53(41)66-45)80-59-21-9-43(31-63-59)55-22-23-64-73(55)37-78-24-25-81(3,4)5/h6-11,15-18,20-23,26-28,30-31,38-39,47-49,56-57,74-75H,12-14,19,24-25,29,32-37H2,1-5H3,(H,67,68)/t38-,39-,47?,48?,49?,56?,57?/m1/s1. The fourth-order valence-corrected chi connectivity index (χ4v) is 13.0. The zero-order valence-corrected chi connectivity index (χ0v) is 47.6. The molecule has 3 N–H and O–H groups in total. The Labute approximate surface area is 471 Å². The molecule has 10 heterocycles. The Kier molecular flexibility index (Phi) is 15.3. The molecule has 4 fully saturated rings. The highest BCUT2D eigenvalue weighted by atomic mass is 28.3. The fourth-order valence-electron chi connectivity index (χ4n) is 12.3. The van der Waals surface area contributed by atoms with Crippen LogP contribution in [-0.4, -0.2) is 158 Å². The van der Waals surface area contributed by atoms with Crippen LogP contribution in [0.4, 0.5) is 0 Å². The maximum Gasteiger partial charge on any atom is 0.251 e. The van der Waals surface area contributed by atoms with E-state index in [2.05, 4.69) is 73.9 Å². The molecule has 81 heavy (non-hydrogen) atoms. The molecule has 0 spiro atoms. The molecule has 7 atom stereocenters. The first-order valence-electron chi connectivity index (χ1n) is 28.3. The quantitative estimate of drug-likeness (QED) is 0.0512. The number of nitrogens with zero attached hydrogens (tertiary/aromatic N) is 11. The first-order chi connectivity index (χ1) is 39.1. The summed E-state index contributed by atoms with van der Waals surface area (Å²) in [5, 5.41) is 34.8. The van der Waals surface area contributed by atoms with Gasteiger partial charge in [0.2, 0.25) is 11.8 Å². The highest BCUT2D eigenvalue weighted by molar-refractivity contribution is 6.76. The molecule has 4 aliphatic heterocycles. The van der Waals surface area contributed by atoms with Crippen LogP contribution >= 0.6 is 0 Å². The van der Waals surface area contributed by atoms with E-state index in [4.69, 9.17) is 29.3 Å². The number of aliphatic hydroxyl groups is 2. The number of benzene rings is 2. The molecule has 2 aromatic carbocycles. The lowest BCUT2D eigenvalue weighted by Crippen LogP contribution is -2.62. The van der Waals surface area contributed by atoms with Gasteiger partial charge in [0.05, 0.1) is 45.5 Å². The molecule has 12 rings (SSSR count). The number of ether oxygens (including phenoxy) is 3. The van der Waals surface area contributed by atoms with Crippen LogP contribution < -0.4 is 9.47 Å². The summed E-state index contributed by atoms with van der Waals surface area (Å²) in [6.45, 7) is 14.3. The predicted octanol–water partition coefficient (Wildman–Crippen LogP) is 8.45. The summed E-state index contributed by atoms with van der Waals surface area (Å²) in [6, 6.07) is 33.2.